The van der Waals surface area contributed by atoms with Crippen LogP contribution < -0.4 is 10.6 Å². The average molecular weight is 261 g/mol. The van der Waals surface area contributed by atoms with Gasteiger partial charge in [-0.3, -0.25) is 4.79 Å². The minimum atomic E-state index is -1.02. The maximum absolute atomic E-state index is 11.1. The van der Waals surface area contributed by atoms with Crippen molar-refractivity contribution >= 4 is 29.0 Å². The van der Waals surface area contributed by atoms with Crippen LogP contribution in [0.4, 0.5) is 6.01 Å². The molecule has 0 spiro atoms. The first-order valence-corrected chi connectivity index (χ1v) is 5.79. The van der Waals surface area contributed by atoms with Gasteiger partial charge in [0.25, 0.3) is 6.01 Å². The molecule has 98 valence electrons. The van der Waals surface area contributed by atoms with Gasteiger partial charge in [0.2, 0.25) is 5.91 Å². The highest BCUT2D eigenvalue weighted by molar-refractivity contribution is 5.92. The van der Waals surface area contributed by atoms with E-state index >= 15 is 0 Å². The van der Waals surface area contributed by atoms with Crippen molar-refractivity contribution in [3.8, 4) is 0 Å². The second-order valence-electron chi connectivity index (χ2n) is 4.36. The second-order valence-corrected chi connectivity index (χ2v) is 4.36. The number of nitrogens with zero attached hydrogens (tertiary/aromatic N) is 1. The molecule has 1 unspecified atom stereocenters. The fourth-order valence-corrected chi connectivity index (χ4v) is 2.00. The zero-order chi connectivity index (χ0) is 13.4. The molecule has 2 aromatic rings. The SMILES string of the molecule is O=C1CC(Nc2nc3ccc(C(=O)O)cc3o2)CN1. The summed E-state index contributed by atoms with van der Waals surface area (Å²) in [6.45, 7) is 0.526. The Morgan fingerprint density at radius 3 is 3.05 bits per heavy atom. The van der Waals surface area contributed by atoms with Crippen LogP contribution in [0.2, 0.25) is 0 Å². The van der Waals surface area contributed by atoms with Crippen LogP contribution in [0.3, 0.4) is 0 Å². The van der Waals surface area contributed by atoms with Gasteiger partial charge < -0.3 is 20.2 Å². The molecule has 3 rings (SSSR count). The van der Waals surface area contributed by atoms with Crippen LogP contribution in [0.25, 0.3) is 11.1 Å². The highest BCUT2D eigenvalue weighted by Gasteiger charge is 2.22. The maximum Gasteiger partial charge on any atom is 0.335 e. The molecule has 0 radical (unpaired) electrons. The molecule has 1 aliphatic heterocycles. The molecule has 1 aliphatic rings. The summed E-state index contributed by atoms with van der Waals surface area (Å²) in [5, 5.41) is 14.6. The zero-order valence-electron chi connectivity index (χ0n) is 9.84. The number of carboxylic acid groups (broad SMARTS) is 1. The Hall–Kier alpha value is -2.57. The van der Waals surface area contributed by atoms with E-state index in [2.05, 4.69) is 15.6 Å². The third-order valence-corrected chi connectivity index (χ3v) is 2.94. The van der Waals surface area contributed by atoms with Gasteiger partial charge in [0.15, 0.2) is 5.58 Å². The molecule has 2 heterocycles. The smallest absolute Gasteiger partial charge is 0.335 e. The quantitative estimate of drug-likeness (QED) is 0.755. The Morgan fingerprint density at radius 2 is 2.37 bits per heavy atom. The molecular weight excluding hydrogens is 250 g/mol. The molecule has 1 saturated heterocycles. The van der Waals surface area contributed by atoms with Crippen molar-refractivity contribution in [1.29, 1.82) is 0 Å². The van der Waals surface area contributed by atoms with Crippen LogP contribution in [0.5, 0.6) is 0 Å². The molecule has 1 aromatic heterocycles. The first kappa shape index (κ1) is 11.5. The van der Waals surface area contributed by atoms with Gasteiger partial charge in [0, 0.05) is 13.0 Å². The van der Waals surface area contributed by atoms with E-state index in [9.17, 15) is 9.59 Å². The average Bonchev–Trinajstić information content (AvgIpc) is 2.94. The summed E-state index contributed by atoms with van der Waals surface area (Å²) in [4.78, 5) is 26.1. The van der Waals surface area contributed by atoms with Gasteiger partial charge >= 0.3 is 5.97 Å². The van der Waals surface area contributed by atoms with Crippen molar-refractivity contribution in [1.82, 2.24) is 10.3 Å². The van der Waals surface area contributed by atoms with E-state index in [0.29, 0.717) is 30.1 Å². The number of benzene rings is 1. The molecular formula is C12H11N3O4. The van der Waals surface area contributed by atoms with E-state index in [1.807, 2.05) is 0 Å². The third kappa shape index (κ3) is 2.22. The molecule has 0 aliphatic carbocycles. The molecule has 7 heteroatoms. The minimum Gasteiger partial charge on any atom is -0.478 e. The summed E-state index contributed by atoms with van der Waals surface area (Å²) in [7, 11) is 0. The minimum absolute atomic E-state index is 0.0122. The summed E-state index contributed by atoms with van der Waals surface area (Å²) < 4.78 is 5.43. The number of oxazole rings is 1. The van der Waals surface area contributed by atoms with Gasteiger partial charge in [-0.05, 0) is 18.2 Å². The van der Waals surface area contributed by atoms with Crippen LogP contribution in [-0.4, -0.2) is 34.6 Å². The standard InChI is InChI=1S/C12H11N3O4/c16-10-4-7(5-13-10)14-12-15-8-2-1-6(11(17)18)3-9(8)19-12/h1-3,7H,4-5H2,(H,13,16)(H,14,15)(H,17,18). The van der Waals surface area contributed by atoms with Crippen molar-refractivity contribution in [3.63, 3.8) is 0 Å². The number of hydrogen-bond acceptors (Lipinski definition) is 5. The van der Waals surface area contributed by atoms with Crippen molar-refractivity contribution in [3.05, 3.63) is 23.8 Å². The Labute approximate surface area is 107 Å². The fourth-order valence-electron chi connectivity index (χ4n) is 2.00. The first-order chi connectivity index (χ1) is 9.11. The number of nitrogens with one attached hydrogen (secondary N) is 2. The zero-order valence-corrected chi connectivity index (χ0v) is 9.84. The van der Waals surface area contributed by atoms with Gasteiger partial charge in [-0.25, -0.2) is 4.79 Å². The molecule has 1 aromatic carbocycles. The lowest BCUT2D eigenvalue weighted by molar-refractivity contribution is -0.119. The predicted molar refractivity (Wildman–Crippen MR) is 66.0 cm³/mol. The number of carboxylic acids is 1. The molecule has 0 saturated carbocycles. The van der Waals surface area contributed by atoms with E-state index in [0.717, 1.165) is 0 Å². The maximum atomic E-state index is 11.1. The number of amides is 1. The predicted octanol–water partition coefficient (Wildman–Crippen LogP) is 0.826. The van der Waals surface area contributed by atoms with Crippen molar-refractivity contribution in [2.24, 2.45) is 0 Å². The number of carbonyl (C=O) groups excluding carboxylic acids is 1. The van der Waals surface area contributed by atoms with E-state index in [1.54, 1.807) is 6.07 Å². The topological polar surface area (TPSA) is 104 Å². The Bertz CT molecular complexity index is 664. The van der Waals surface area contributed by atoms with Gasteiger partial charge in [0.1, 0.15) is 5.52 Å². The lowest BCUT2D eigenvalue weighted by Crippen LogP contribution is -2.22. The van der Waals surface area contributed by atoms with Gasteiger partial charge in [-0.1, -0.05) is 0 Å². The number of aromatic nitrogens is 1. The molecule has 1 amide bonds. The monoisotopic (exact) mass is 261 g/mol. The molecule has 1 fully saturated rings. The third-order valence-electron chi connectivity index (χ3n) is 2.94. The van der Waals surface area contributed by atoms with Gasteiger partial charge in [-0.15, -0.1) is 0 Å². The molecule has 19 heavy (non-hydrogen) atoms. The lowest BCUT2D eigenvalue weighted by atomic mass is 10.2. The number of anilines is 1. The van der Waals surface area contributed by atoms with Crippen molar-refractivity contribution in [2.75, 3.05) is 11.9 Å². The van der Waals surface area contributed by atoms with E-state index in [1.165, 1.54) is 12.1 Å². The number of hydrogen-bond donors (Lipinski definition) is 3. The molecule has 0 bridgehead atoms. The Morgan fingerprint density at radius 1 is 1.53 bits per heavy atom. The number of fused-ring (bicyclic) bond motifs is 1. The number of aromatic carboxylic acids is 1. The summed E-state index contributed by atoms with van der Waals surface area (Å²) in [6, 6.07) is 4.72. The second kappa shape index (κ2) is 4.27. The van der Waals surface area contributed by atoms with E-state index < -0.39 is 5.97 Å². The van der Waals surface area contributed by atoms with Crippen molar-refractivity contribution in [2.45, 2.75) is 12.5 Å². The summed E-state index contributed by atoms with van der Waals surface area (Å²) in [5.74, 6) is -1.03. The van der Waals surface area contributed by atoms with Crippen LogP contribution >= 0.6 is 0 Å². The molecule has 3 N–H and O–H groups in total. The molecule has 1 atom stereocenters. The van der Waals surface area contributed by atoms with Crippen LogP contribution in [-0.2, 0) is 4.79 Å². The lowest BCUT2D eigenvalue weighted by Gasteiger charge is -2.06. The van der Waals surface area contributed by atoms with E-state index in [-0.39, 0.29) is 17.5 Å². The normalized spacial score (nSPS) is 18.5. The number of carbonyl (C=O) groups is 2. The van der Waals surface area contributed by atoms with Crippen molar-refractivity contribution < 1.29 is 19.1 Å². The summed E-state index contributed by atoms with van der Waals surface area (Å²) in [5.41, 5.74) is 1.12. The number of rotatable bonds is 3. The van der Waals surface area contributed by atoms with E-state index in [4.69, 9.17) is 9.52 Å². The largest absolute Gasteiger partial charge is 0.478 e. The fraction of sp³-hybridized carbons (Fsp3) is 0.250. The molecule has 7 nitrogen and oxygen atoms in total. The Kier molecular flexibility index (Phi) is 2.59. The van der Waals surface area contributed by atoms with Crippen LogP contribution in [0, 0.1) is 0 Å². The highest BCUT2D eigenvalue weighted by atomic mass is 16.4. The van der Waals surface area contributed by atoms with Gasteiger partial charge in [-0.2, -0.15) is 4.98 Å². The Balaban J connectivity index is 1.85. The summed E-state index contributed by atoms with van der Waals surface area (Å²) in [6.07, 6.45) is 0.374. The van der Waals surface area contributed by atoms with Crippen LogP contribution in [0.15, 0.2) is 22.6 Å². The highest BCUT2D eigenvalue weighted by Crippen LogP contribution is 2.21. The van der Waals surface area contributed by atoms with Crippen LogP contribution in [0.1, 0.15) is 16.8 Å². The first-order valence-electron chi connectivity index (χ1n) is 5.79. The summed E-state index contributed by atoms with van der Waals surface area (Å²) >= 11 is 0. The van der Waals surface area contributed by atoms with Gasteiger partial charge in [0.05, 0.1) is 11.6 Å².